The van der Waals surface area contributed by atoms with Crippen LogP contribution in [-0.2, 0) is 11.3 Å². The number of hydrogen-bond acceptors (Lipinski definition) is 5. The Kier molecular flexibility index (Phi) is 5.80. The summed E-state index contributed by atoms with van der Waals surface area (Å²) in [5.74, 6) is -0.427. The van der Waals surface area contributed by atoms with Crippen molar-refractivity contribution >= 4 is 17.7 Å². The molecule has 7 nitrogen and oxygen atoms in total. The molecular formula is C19H22N4O3. The van der Waals surface area contributed by atoms with Crippen molar-refractivity contribution in [2.24, 2.45) is 0 Å². The number of pyridine rings is 1. The first-order valence-electron chi connectivity index (χ1n) is 8.52. The smallest absolute Gasteiger partial charge is 0.337 e. The van der Waals surface area contributed by atoms with Crippen LogP contribution in [0.15, 0.2) is 48.7 Å². The molecule has 26 heavy (non-hydrogen) atoms. The molecule has 0 spiro atoms. The van der Waals surface area contributed by atoms with E-state index in [9.17, 15) is 9.59 Å². The molecule has 0 bridgehead atoms. The van der Waals surface area contributed by atoms with Gasteiger partial charge in [-0.2, -0.15) is 0 Å². The van der Waals surface area contributed by atoms with Gasteiger partial charge in [0.15, 0.2) is 0 Å². The predicted molar refractivity (Wildman–Crippen MR) is 97.9 cm³/mol. The Morgan fingerprint density at radius 3 is 2.62 bits per heavy atom. The van der Waals surface area contributed by atoms with E-state index in [1.165, 1.54) is 7.11 Å². The molecule has 2 amide bonds. The van der Waals surface area contributed by atoms with Crippen LogP contribution >= 0.6 is 0 Å². The third-order valence-corrected chi connectivity index (χ3v) is 4.31. The summed E-state index contributed by atoms with van der Waals surface area (Å²) in [5, 5.41) is 2.84. The summed E-state index contributed by atoms with van der Waals surface area (Å²) in [6.45, 7) is 3.68. The lowest BCUT2D eigenvalue weighted by Gasteiger charge is -2.34. The van der Waals surface area contributed by atoms with Gasteiger partial charge >= 0.3 is 12.0 Å². The number of methoxy groups -OCH3 is 1. The van der Waals surface area contributed by atoms with E-state index in [1.807, 2.05) is 18.2 Å². The molecule has 2 heterocycles. The molecule has 0 unspecified atom stereocenters. The summed E-state index contributed by atoms with van der Waals surface area (Å²) in [6, 6.07) is 12.5. The number of nitrogens with zero attached hydrogens (tertiary/aromatic N) is 3. The first kappa shape index (κ1) is 17.9. The molecule has 1 aliphatic heterocycles. The molecule has 0 aliphatic carbocycles. The number of piperazine rings is 1. The second-order valence-corrected chi connectivity index (χ2v) is 6.09. The van der Waals surface area contributed by atoms with Crippen molar-refractivity contribution < 1.29 is 14.3 Å². The molecule has 1 saturated heterocycles. The Labute approximate surface area is 152 Å². The minimum absolute atomic E-state index is 0.162. The van der Waals surface area contributed by atoms with Crippen LogP contribution in [0, 0.1) is 0 Å². The zero-order valence-corrected chi connectivity index (χ0v) is 14.7. The summed E-state index contributed by atoms with van der Waals surface area (Å²) in [5.41, 5.74) is 2.02. The van der Waals surface area contributed by atoms with Crippen LogP contribution in [-0.4, -0.2) is 60.1 Å². The van der Waals surface area contributed by atoms with Gasteiger partial charge in [0.25, 0.3) is 0 Å². The second kappa shape index (κ2) is 8.44. The summed E-state index contributed by atoms with van der Waals surface area (Å²) in [6.07, 6.45) is 1.79. The highest BCUT2D eigenvalue weighted by molar-refractivity contribution is 5.93. The van der Waals surface area contributed by atoms with Gasteiger partial charge in [-0.25, -0.2) is 9.59 Å². The van der Waals surface area contributed by atoms with Crippen LogP contribution in [0.25, 0.3) is 0 Å². The highest BCUT2D eigenvalue weighted by atomic mass is 16.5. The van der Waals surface area contributed by atoms with Crippen LogP contribution in [0.4, 0.5) is 10.5 Å². The highest BCUT2D eigenvalue weighted by Gasteiger charge is 2.21. The van der Waals surface area contributed by atoms with Crippen molar-refractivity contribution in [3.63, 3.8) is 0 Å². The topological polar surface area (TPSA) is 74.8 Å². The Morgan fingerprint density at radius 2 is 1.92 bits per heavy atom. The Morgan fingerprint density at radius 1 is 1.12 bits per heavy atom. The van der Waals surface area contributed by atoms with Gasteiger partial charge in [-0.1, -0.05) is 12.1 Å². The number of aromatic nitrogens is 1. The molecular weight excluding hydrogens is 332 g/mol. The zero-order valence-electron chi connectivity index (χ0n) is 14.7. The number of esters is 1. The minimum atomic E-state index is -0.427. The van der Waals surface area contributed by atoms with Gasteiger partial charge in [-0.3, -0.25) is 9.88 Å². The fourth-order valence-electron chi connectivity index (χ4n) is 2.87. The van der Waals surface area contributed by atoms with E-state index in [4.69, 9.17) is 4.74 Å². The van der Waals surface area contributed by atoms with E-state index < -0.39 is 5.97 Å². The quantitative estimate of drug-likeness (QED) is 0.852. The molecule has 0 saturated carbocycles. The number of amides is 2. The minimum Gasteiger partial charge on any atom is -0.465 e. The fraction of sp³-hybridized carbons (Fsp3) is 0.316. The number of benzene rings is 1. The van der Waals surface area contributed by atoms with E-state index in [1.54, 1.807) is 35.4 Å². The molecule has 1 aromatic heterocycles. The van der Waals surface area contributed by atoms with E-state index in [0.717, 1.165) is 25.3 Å². The maximum atomic E-state index is 12.5. The average molecular weight is 354 g/mol. The maximum Gasteiger partial charge on any atom is 0.337 e. The number of carbonyl (C=O) groups excluding carboxylic acids is 2. The van der Waals surface area contributed by atoms with Gasteiger partial charge in [0.2, 0.25) is 0 Å². The van der Waals surface area contributed by atoms with Crippen LogP contribution in [0.3, 0.4) is 0 Å². The number of anilines is 1. The number of carbonyl (C=O) groups is 2. The van der Waals surface area contributed by atoms with E-state index in [0.29, 0.717) is 24.3 Å². The molecule has 1 N–H and O–H groups in total. The highest BCUT2D eigenvalue weighted by Crippen LogP contribution is 2.13. The van der Waals surface area contributed by atoms with Crippen molar-refractivity contribution in [3.8, 4) is 0 Å². The SMILES string of the molecule is COC(=O)c1cccc(NC(=O)N2CCN(Cc3ccccn3)CC2)c1. The molecule has 1 aliphatic rings. The van der Waals surface area contributed by atoms with Gasteiger partial charge < -0.3 is 15.0 Å². The van der Waals surface area contributed by atoms with Crippen LogP contribution in [0.1, 0.15) is 16.1 Å². The second-order valence-electron chi connectivity index (χ2n) is 6.09. The normalized spacial score (nSPS) is 14.7. The monoisotopic (exact) mass is 354 g/mol. The van der Waals surface area contributed by atoms with Crippen LogP contribution < -0.4 is 5.32 Å². The molecule has 2 aromatic rings. The molecule has 1 fully saturated rings. The van der Waals surface area contributed by atoms with Crippen LogP contribution in [0.5, 0.6) is 0 Å². The lowest BCUT2D eigenvalue weighted by molar-refractivity contribution is 0.0600. The Hall–Kier alpha value is -2.93. The van der Waals surface area contributed by atoms with Gasteiger partial charge in [0, 0.05) is 44.6 Å². The van der Waals surface area contributed by atoms with Crippen molar-refractivity contribution in [1.82, 2.24) is 14.8 Å². The van der Waals surface area contributed by atoms with Gasteiger partial charge in [0.05, 0.1) is 18.4 Å². The largest absolute Gasteiger partial charge is 0.465 e. The third kappa shape index (κ3) is 4.58. The Balaban J connectivity index is 1.51. The van der Waals surface area contributed by atoms with E-state index in [2.05, 4.69) is 15.2 Å². The zero-order chi connectivity index (χ0) is 18.4. The number of ether oxygens (including phenoxy) is 1. The summed E-state index contributed by atoms with van der Waals surface area (Å²) in [4.78, 5) is 32.4. The fourth-order valence-corrected chi connectivity index (χ4v) is 2.87. The van der Waals surface area contributed by atoms with Crippen molar-refractivity contribution in [2.45, 2.75) is 6.54 Å². The molecule has 3 rings (SSSR count). The van der Waals surface area contributed by atoms with Crippen LogP contribution in [0.2, 0.25) is 0 Å². The number of nitrogens with one attached hydrogen (secondary N) is 1. The lowest BCUT2D eigenvalue weighted by Crippen LogP contribution is -2.49. The number of rotatable bonds is 4. The van der Waals surface area contributed by atoms with Gasteiger partial charge in [0.1, 0.15) is 0 Å². The average Bonchev–Trinajstić information content (AvgIpc) is 2.69. The summed E-state index contributed by atoms with van der Waals surface area (Å²) < 4.78 is 4.70. The van der Waals surface area contributed by atoms with E-state index >= 15 is 0 Å². The number of urea groups is 1. The number of hydrogen-bond donors (Lipinski definition) is 1. The van der Waals surface area contributed by atoms with Gasteiger partial charge in [-0.15, -0.1) is 0 Å². The molecule has 136 valence electrons. The van der Waals surface area contributed by atoms with Crippen molar-refractivity contribution in [3.05, 3.63) is 59.9 Å². The maximum absolute atomic E-state index is 12.5. The molecule has 1 aromatic carbocycles. The standard InChI is InChI=1S/C19H22N4O3/c1-26-18(24)15-5-4-7-16(13-15)21-19(25)23-11-9-22(10-12-23)14-17-6-2-3-8-20-17/h2-8,13H,9-12,14H2,1H3,(H,21,25). The third-order valence-electron chi connectivity index (χ3n) is 4.31. The lowest BCUT2D eigenvalue weighted by atomic mass is 10.2. The predicted octanol–water partition coefficient (Wildman–Crippen LogP) is 2.22. The molecule has 7 heteroatoms. The Bertz CT molecular complexity index is 758. The summed E-state index contributed by atoms with van der Waals surface area (Å²) in [7, 11) is 1.33. The van der Waals surface area contributed by atoms with Crippen molar-refractivity contribution in [2.75, 3.05) is 38.6 Å². The first-order valence-corrected chi connectivity index (χ1v) is 8.52. The molecule has 0 atom stereocenters. The summed E-state index contributed by atoms with van der Waals surface area (Å²) >= 11 is 0. The van der Waals surface area contributed by atoms with E-state index in [-0.39, 0.29) is 6.03 Å². The van der Waals surface area contributed by atoms with Crippen molar-refractivity contribution in [1.29, 1.82) is 0 Å². The van der Waals surface area contributed by atoms with Gasteiger partial charge in [-0.05, 0) is 30.3 Å². The molecule has 0 radical (unpaired) electrons. The first-order chi connectivity index (χ1) is 12.7.